The molecule has 0 aliphatic rings. The Labute approximate surface area is 335 Å². The van der Waals surface area contributed by atoms with Crippen molar-refractivity contribution in [1.29, 1.82) is 0 Å². The lowest BCUT2D eigenvalue weighted by atomic mass is 9.99. The average molecular weight is 746 g/mol. The second-order valence-corrected chi connectivity index (χ2v) is 15.6. The van der Waals surface area contributed by atoms with Crippen molar-refractivity contribution in [2.45, 2.75) is 0 Å². The predicted molar refractivity (Wildman–Crippen MR) is 243 cm³/mol. The van der Waals surface area contributed by atoms with Gasteiger partial charge in [0.1, 0.15) is 11.2 Å². The summed E-state index contributed by atoms with van der Waals surface area (Å²) in [6.45, 7) is 0. The Morgan fingerprint density at radius 2 is 0.877 bits per heavy atom. The first-order valence-electron chi connectivity index (χ1n) is 19.3. The van der Waals surface area contributed by atoms with Gasteiger partial charge in [-0.1, -0.05) is 158 Å². The zero-order valence-corrected chi connectivity index (χ0v) is 31.8. The molecule has 0 saturated carbocycles. The van der Waals surface area contributed by atoms with Gasteiger partial charge in [0.25, 0.3) is 0 Å². The number of nitrogens with zero attached hydrogens (tertiary/aromatic N) is 1. The van der Waals surface area contributed by atoms with Gasteiger partial charge in [-0.25, -0.2) is 0 Å². The summed E-state index contributed by atoms with van der Waals surface area (Å²) in [7, 11) is 0. The molecule has 0 fully saturated rings. The number of fused-ring (bicyclic) bond motifs is 6. The average Bonchev–Trinajstić information content (AvgIpc) is 3.85. The molecule has 2 aromatic heterocycles. The highest BCUT2D eigenvalue weighted by atomic mass is 32.1. The van der Waals surface area contributed by atoms with Crippen LogP contribution in [0.2, 0.25) is 0 Å². The largest absolute Gasteiger partial charge is 0.455 e. The minimum Gasteiger partial charge on any atom is -0.455 e. The van der Waals surface area contributed by atoms with Crippen molar-refractivity contribution in [2.24, 2.45) is 0 Å². The van der Waals surface area contributed by atoms with E-state index in [-0.39, 0.29) is 0 Å². The summed E-state index contributed by atoms with van der Waals surface area (Å²) in [5.41, 5.74) is 14.5. The number of benzene rings is 9. The van der Waals surface area contributed by atoms with Crippen molar-refractivity contribution < 1.29 is 4.42 Å². The van der Waals surface area contributed by atoms with Crippen LogP contribution in [0.5, 0.6) is 0 Å². The molecule has 0 spiro atoms. The Kier molecular flexibility index (Phi) is 8.04. The number of hydrogen-bond acceptors (Lipinski definition) is 3. The first-order valence-corrected chi connectivity index (χ1v) is 20.1. The van der Waals surface area contributed by atoms with Crippen LogP contribution < -0.4 is 4.90 Å². The quantitative estimate of drug-likeness (QED) is 0.162. The zero-order valence-electron chi connectivity index (χ0n) is 31.0. The van der Waals surface area contributed by atoms with E-state index in [2.05, 4.69) is 211 Å². The molecular weight excluding hydrogens is 711 g/mol. The van der Waals surface area contributed by atoms with E-state index in [1.807, 2.05) is 17.4 Å². The molecule has 0 atom stereocenters. The highest BCUT2D eigenvalue weighted by molar-refractivity contribution is 7.25. The number of hydrogen-bond donors (Lipinski definition) is 0. The third-order valence-electron chi connectivity index (χ3n) is 11.1. The molecule has 0 amide bonds. The SMILES string of the molecule is c1ccc(-c2ccccc2N(c2ccc(-c3ccc4c(c3)sc3ccccc34)cc2)c2ccc(-c3ccc4oc5c(-c6ccccc6)cccc5c4c3)cc2)cc1. The second kappa shape index (κ2) is 13.8. The lowest BCUT2D eigenvalue weighted by Gasteiger charge is -2.28. The van der Waals surface area contributed by atoms with Crippen LogP contribution in [0, 0.1) is 0 Å². The van der Waals surface area contributed by atoms with Gasteiger partial charge in [-0.05, 0) is 88.0 Å². The van der Waals surface area contributed by atoms with Gasteiger partial charge in [-0.3, -0.25) is 0 Å². The predicted octanol–water partition coefficient (Wildman–Crippen LogP) is 16.1. The molecule has 9 aromatic carbocycles. The zero-order chi connectivity index (χ0) is 37.7. The van der Waals surface area contributed by atoms with E-state index in [4.69, 9.17) is 4.42 Å². The van der Waals surface area contributed by atoms with Crippen molar-refractivity contribution >= 4 is 70.5 Å². The summed E-state index contributed by atoms with van der Waals surface area (Å²) in [6, 6.07) is 76.3. The maximum absolute atomic E-state index is 6.49. The normalized spacial score (nSPS) is 11.5. The molecule has 3 heteroatoms. The highest BCUT2D eigenvalue weighted by Gasteiger charge is 2.18. The number of anilines is 3. The fourth-order valence-electron chi connectivity index (χ4n) is 8.29. The van der Waals surface area contributed by atoms with Gasteiger partial charge in [-0.15, -0.1) is 11.3 Å². The van der Waals surface area contributed by atoms with Gasteiger partial charge >= 0.3 is 0 Å². The maximum atomic E-state index is 6.49. The number of furan rings is 1. The third kappa shape index (κ3) is 5.88. The van der Waals surface area contributed by atoms with E-state index in [0.717, 1.165) is 61.3 Å². The van der Waals surface area contributed by atoms with Crippen molar-refractivity contribution in [3.8, 4) is 44.5 Å². The van der Waals surface area contributed by atoms with Crippen LogP contribution >= 0.6 is 11.3 Å². The molecule has 0 unspecified atom stereocenters. The molecule has 0 N–H and O–H groups in total. The van der Waals surface area contributed by atoms with E-state index in [0.29, 0.717) is 0 Å². The molecule has 0 saturated heterocycles. The Hall–Kier alpha value is -7.20. The molecule has 2 nitrogen and oxygen atoms in total. The summed E-state index contributed by atoms with van der Waals surface area (Å²) >= 11 is 1.86. The Balaban J connectivity index is 0.981. The van der Waals surface area contributed by atoms with Crippen molar-refractivity contribution in [2.75, 3.05) is 4.90 Å². The lowest BCUT2D eigenvalue weighted by molar-refractivity contribution is 0.670. The van der Waals surface area contributed by atoms with Crippen LogP contribution in [-0.4, -0.2) is 0 Å². The van der Waals surface area contributed by atoms with Gasteiger partial charge < -0.3 is 9.32 Å². The monoisotopic (exact) mass is 745 g/mol. The smallest absolute Gasteiger partial charge is 0.143 e. The summed E-state index contributed by atoms with van der Waals surface area (Å²) in [5, 5.41) is 4.89. The topological polar surface area (TPSA) is 16.4 Å². The number of para-hydroxylation sites is 2. The summed E-state index contributed by atoms with van der Waals surface area (Å²) in [6.07, 6.45) is 0. The fraction of sp³-hybridized carbons (Fsp3) is 0. The third-order valence-corrected chi connectivity index (χ3v) is 12.2. The van der Waals surface area contributed by atoms with Gasteiger partial charge in [-0.2, -0.15) is 0 Å². The molecule has 0 aliphatic heterocycles. The number of rotatable bonds is 7. The van der Waals surface area contributed by atoms with Crippen molar-refractivity contribution in [3.63, 3.8) is 0 Å². The Morgan fingerprint density at radius 3 is 1.61 bits per heavy atom. The van der Waals surface area contributed by atoms with Crippen LogP contribution in [0.4, 0.5) is 17.1 Å². The van der Waals surface area contributed by atoms with E-state index in [1.54, 1.807) is 0 Å². The molecular formula is C54H35NOS. The summed E-state index contributed by atoms with van der Waals surface area (Å²) in [4.78, 5) is 2.38. The minimum absolute atomic E-state index is 0.893. The molecule has 11 rings (SSSR count). The highest BCUT2D eigenvalue weighted by Crippen LogP contribution is 2.43. The van der Waals surface area contributed by atoms with Gasteiger partial charge in [0.05, 0.1) is 5.69 Å². The van der Waals surface area contributed by atoms with E-state index >= 15 is 0 Å². The first kappa shape index (κ1) is 33.2. The van der Waals surface area contributed by atoms with Crippen LogP contribution in [0.3, 0.4) is 0 Å². The van der Waals surface area contributed by atoms with Gasteiger partial charge in [0.2, 0.25) is 0 Å². The molecule has 2 heterocycles. The van der Waals surface area contributed by atoms with Crippen LogP contribution in [0.25, 0.3) is 86.6 Å². The maximum Gasteiger partial charge on any atom is 0.143 e. The van der Waals surface area contributed by atoms with E-state index < -0.39 is 0 Å². The molecule has 0 bridgehead atoms. The summed E-state index contributed by atoms with van der Waals surface area (Å²) in [5.74, 6) is 0. The molecule has 57 heavy (non-hydrogen) atoms. The minimum atomic E-state index is 0.893. The number of thiophene rings is 1. The van der Waals surface area contributed by atoms with Crippen LogP contribution in [0.1, 0.15) is 0 Å². The van der Waals surface area contributed by atoms with E-state index in [9.17, 15) is 0 Å². The van der Waals surface area contributed by atoms with Crippen molar-refractivity contribution in [1.82, 2.24) is 0 Å². The first-order chi connectivity index (χ1) is 28.2. The van der Waals surface area contributed by atoms with Gasteiger partial charge in [0.15, 0.2) is 0 Å². The lowest BCUT2D eigenvalue weighted by Crippen LogP contribution is -2.11. The summed E-state index contributed by atoms with van der Waals surface area (Å²) < 4.78 is 9.13. The second-order valence-electron chi connectivity index (χ2n) is 14.5. The van der Waals surface area contributed by atoms with Gasteiger partial charge in [0, 0.05) is 53.4 Å². The van der Waals surface area contributed by atoms with E-state index in [1.165, 1.54) is 42.4 Å². The fourth-order valence-corrected chi connectivity index (χ4v) is 9.44. The Morgan fingerprint density at radius 1 is 0.333 bits per heavy atom. The molecule has 0 aliphatic carbocycles. The Bertz CT molecular complexity index is 3210. The van der Waals surface area contributed by atoms with Crippen molar-refractivity contribution in [3.05, 3.63) is 212 Å². The van der Waals surface area contributed by atoms with Crippen LogP contribution in [-0.2, 0) is 0 Å². The molecule has 11 aromatic rings. The molecule has 268 valence electrons. The standard InChI is InChI=1S/C54H35NOS/c1-3-12-38(13-4-1)44-16-7-9-20-50(44)55(43-30-24-37(25-31-43)41-26-32-47-46-17-8-10-21-52(46)57-53(47)35-41)42-28-22-36(23-29-42)40-27-33-51-49(34-40)48-19-11-18-45(54(48)56-51)39-14-5-2-6-15-39/h1-35H. The van der Waals surface area contributed by atoms with Crippen LogP contribution in [0.15, 0.2) is 217 Å². The molecule has 0 radical (unpaired) electrons.